The van der Waals surface area contributed by atoms with E-state index in [1.165, 1.54) is 23.3 Å². The minimum Gasteiger partial charge on any atom is -0.378 e. The first-order valence-corrected chi connectivity index (χ1v) is 7.45. The molecule has 1 nitrogen and oxygen atoms in total. The molecule has 3 rings (SSSR count). The Bertz CT molecular complexity index is 650. The van der Waals surface area contributed by atoms with Crippen molar-refractivity contribution in [3.63, 3.8) is 0 Å². The summed E-state index contributed by atoms with van der Waals surface area (Å²) in [6.07, 6.45) is -2.38. The molecule has 2 aromatic carbocycles. The molecule has 0 saturated heterocycles. The average molecular weight is 356 g/mol. The van der Waals surface area contributed by atoms with Gasteiger partial charge in [-0.15, -0.1) is 0 Å². The number of benzene rings is 2. The molecule has 1 N–H and O–H groups in total. The summed E-state index contributed by atoms with van der Waals surface area (Å²) < 4.78 is 38.7. The molecule has 0 fully saturated rings. The van der Waals surface area contributed by atoms with E-state index in [1.807, 2.05) is 12.1 Å². The molecular weight excluding hydrogens is 343 g/mol. The molecule has 0 heterocycles. The first kappa shape index (κ1) is 14.4. The van der Waals surface area contributed by atoms with Crippen molar-refractivity contribution in [3.8, 4) is 0 Å². The van der Waals surface area contributed by atoms with Gasteiger partial charge in [0.2, 0.25) is 0 Å². The standard InChI is InChI=1S/C16H13BrF3N/c17-14-3-1-2-13-12(14)8-9-15(13)21-11-6-4-10(5-7-11)16(18,19)20/h1-7,15,21H,8-9H2. The van der Waals surface area contributed by atoms with Crippen molar-refractivity contribution in [1.82, 2.24) is 0 Å². The maximum atomic E-state index is 12.5. The summed E-state index contributed by atoms with van der Waals surface area (Å²) in [7, 11) is 0. The third-order valence-electron chi connectivity index (χ3n) is 3.77. The Labute approximate surface area is 129 Å². The van der Waals surface area contributed by atoms with Crippen LogP contribution >= 0.6 is 15.9 Å². The second-order valence-electron chi connectivity index (χ2n) is 5.12. The van der Waals surface area contributed by atoms with E-state index >= 15 is 0 Å². The van der Waals surface area contributed by atoms with Crippen molar-refractivity contribution in [3.05, 3.63) is 63.6 Å². The Hall–Kier alpha value is -1.49. The van der Waals surface area contributed by atoms with Crippen molar-refractivity contribution >= 4 is 21.6 Å². The van der Waals surface area contributed by atoms with Gasteiger partial charge in [0.25, 0.3) is 0 Å². The lowest BCUT2D eigenvalue weighted by atomic mass is 10.1. The van der Waals surface area contributed by atoms with Crippen molar-refractivity contribution in [2.45, 2.75) is 25.1 Å². The Morgan fingerprint density at radius 2 is 1.76 bits per heavy atom. The predicted octanol–water partition coefficient (Wildman–Crippen LogP) is 5.57. The number of rotatable bonds is 2. The number of nitrogens with one attached hydrogen (secondary N) is 1. The zero-order chi connectivity index (χ0) is 15.0. The largest absolute Gasteiger partial charge is 0.416 e. The Morgan fingerprint density at radius 1 is 1.05 bits per heavy atom. The summed E-state index contributed by atoms with van der Waals surface area (Å²) in [5.74, 6) is 0. The Morgan fingerprint density at radius 3 is 2.43 bits per heavy atom. The molecule has 2 aromatic rings. The van der Waals surface area contributed by atoms with Crippen molar-refractivity contribution < 1.29 is 13.2 Å². The average Bonchev–Trinajstić information content (AvgIpc) is 2.83. The van der Waals surface area contributed by atoms with Crippen molar-refractivity contribution in [2.24, 2.45) is 0 Å². The molecule has 110 valence electrons. The number of fused-ring (bicyclic) bond motifs is 1. The highest BCUT2D eigenvalue weighted by molar-refractivity contribution is 9.10. The number of hydrogen-bond acceptors (Lipinski definition) is 1. The van der Waals surface area contributed by atoms with E-state index in [0.717, 1.165) is 29.4 Å². The van der Waals surface area contributed by atoms with Gasteiger partial charge in [-0.25, -0.2) is 0 Å². The fourth-order valence-electron chi connectivity index (χ4n) is 2.72. The maximum Gasteiger partial charge on any atom is 0.416 e. The third kappa shape index (κ3) is 2.93. The second kappa shape index (κ2) is 5.37. The van der Waals surface area contributed by atoms with Gasteiger partial charge < -0.3 is 5.32 Å². The van der Waals surface area contributed by atoms with E-state index in [1.54, 1.807) is 0 Å². The summed E-state index contributed by atoms with van der Waals surface area (Å²) in [6.45, 7) is 0. The zero-order valence-electron chi connectivity index (χ0n) is 11.0. The van der Waals surface area contributed by atoms with E-state index in [-0.39, 0.29) is 6.04 Å². The number of anilines is 1. The van der Waals surface area contributed by atoms with Crippen LogP contribution in [0.25, 0.3) is 0 Å². The van der Waals surface area contributed by atoms with Crippen LogP contribution in [0.4, 0.5) is 18.9 Å². The van der Waals surface area contributed by atoms with Crippen LogP contribution in [0.1, 0.15) is 29.2 Å². The van der Waals surface area contributed by atoms with Crippen LogP contribution in [-0.2, 0) is 12.6 Å². The lowest BCUT2D eigenvalue weighted by molar-refractivity contribution is -0.137. The molecule has 0 aromatic heterocycles. The molecule has 21 heavy (non-hydrogen) atoms. The molecule has 0 bridgehead atoms. The van der Waals surface area contributed by atoms with Crippen LogP contribution in [0, 0.1) is 0 Å². The molecule has 0 amide bonds. The molecule has 5 heteroatoms. The van der Waals surface area contributed by atoms with Crippen LogP contribution in [-0.4, -0.2) is 0 Å². The minimum absolute atomic E-state index is 0.147. The van der Waals surface area contributed by atoms with Crippen LogP contribution in [0.15, 0.2) is 46.9 Å². The first-order valence-electron chi connectivity index (χ1n) is 6.66. The van der Waals surface area contributed by atoms with Gasteiger partial charge >= 0.3 is 6.18 Å². The molecule has 1 atom stereocenters. The lowest BCUT2D eigenvalue weighted by Crippen LogP contribution is -2.08. The molecule has 1 aliphatic rings. The summed E-state index contributed by atoms with van der Waals surface area (Å²) in [6, 6.07) is 11.4. The van der Waals surface area contributed by atoms with Gasteiger partial charge in [-0.05, 0) is 54.3 Å². The zero-order valence-corrected chi connectivity index (χ0v) is 12.6. The fourth-order valence-corrected chi connectivity index (χ4v) is 3.30. The minimum atomic E-state index is -4.29. The highest BCUT2D eigenvalue weighted by Crippen LogP contribution is 2.38. The molecule has 0 aliphatic heterocycles. The van der Waals surface area contributed by atoms with Crippen LogP contribution < -0.4 is 5.32 Å². The van der Waals surface area contributed by atoms with Crippen LogP contribution in [0.5, 0.6) is 0 Å². The topological polar surface area (TPSA) is 12.0 Å². The van der Waals surface area contributed by atoms with Gasteiger partial charge in [-0.2, -0.15) is 13.2 Å². The number of alkyl halides is 3. The Kier molecular flexibility index (Phi) is 3.69. The van der Waals surface area contributed by atoms with Gasteiger partial charge in [0.15, 0.2) is 0 Å². The van der Waals surface area contributed by atoms with Crippen molar-refractivity contribution in [1.29, 1.82) is 0 Å². The molecule has 1 unspecified atom stereocenters. The molecule has 0 radical (unpaired) electrons. The second-order valence-corrected chi connectivity index (χ2v) is 5.97. The summed E-state index contributed by atoms with van der Waals surface area (Å²) in [5.41, 5.74) is 2.58. The normalized spacial score (nSPS) is 17.6. The fraction of sp³-hybridized carbons (Fsp3) is 0.250. The third-order valence-corrected chi connectivity index (χ3v) is 4.51. The molecular formula is C16H13BrF3N. The number of halogens is 4. The van der Waals surface area contributed by atoms with Gasteiger partial charge in [0.1, 0.15) is 0 Å². The predicted molar refractivity (Wildman–Crippen MR) is 80.3 cm³/mol. The summed E-state index contributed by atoms with van der Waals surface area (Å²) >= 11 is 3.54. The highest BCUT2D eigenvalue weighted by Gasteiger charge is 2.30. The Balaban J connectivity index is 1.79. The quantitative estimate of drug-likeness (QED) is 0.742. The lowest BCUT2D eigenvalue weighted by Gasteiger charge is -2.16. The summed E-state index contributed by atoms with van der Waals surface area (Å²) in [5, 5.41) is 3.31. The van der Waals surface area contributed by atoms with Gasteiger partial charge in [-0.3, -0.25) is 0 Å². The van der Waals surface area contributed by atoms with E-state index in [9.17, 15) is 13.2 Å². The van der Waals surface area contributed by atoms with Gasteiger partial charge in [-0.1, -0.05) is 28.1 Å². The van der Waals surface area contributed by atoms with E-state index in [4.69, 9.17) is 0 Å². The monoisotopic (exact) mass is 355 g/mol. The SMILES string of the molecule is FC(F)(F)c1ccc(NC2CCc3c(Br)cccc32)cc1. The highest BCUT2D eigenvalue weighted by atomic mass is 79.9. The van der Waals surface area contributed by atoms with E-state index in [2.05, 4.69) is 27.3 Å². The molecule has 0 saturated carbocycles. The van der Waals surface area contributed by atoms with Gasteiger partial charge in [0.05, 0.1) is 11.6 Å². The van der Waals surface area contributed by atoms with Gasteiger partial charge in [0, 0.05) is 10.2 Å². The van der Waals surface area contributed by atoms with Crippen LogP contribution in [0.3, 0.4) is 0 Å². The van der Waals surface area contributed by atoms with Crippen molar-refractivity contribution in [2.75, 3.05) is 5.32 Å². The molecule has 0 spiro atoms. The molecule has 1 aliphatic carbocycles. The first-order chi connectivity index (χ1) is 9.95. The van der Waals surface area contributed by atoms with E-state index in [0.29, 0.717) is 5.69 Å². The van der Waals surface area contributed by atoms with E-state index < -0.39 is 11.7 Å². The maximum absolute atomic E-state index is 12.5. The summed E-state index contributed by atoms with van der Waals surface area (Å²) in [4.78, 5) is 0. The number of hydrogen-bond donors (Lipinski definition) is 1. The smallest absolute Gasteiger partial charge is 0.378 e. The van der Waals surface area contributed by atoms with Crippen LogP contribution in [0.2, 0.25) is 0 Å².